The minimum atomic E-state index is 0.550. The van der Waals surface area contributed by atoms with Crippen LogP contribution >= 0.6 is 11.3 Å². The van der Waals surface area contributed by atoms with Crippen LogP contribution in [0.15, 0.2) is 41.8 Å². The van der Waals surface area contributed by atoms with E-state index in [1.807, 2.05) is 0 Å². The Kier molecular flexibility index (Phi) is 4.17. The van der Waals surface area contributed by atoms with Crippen molar-refractivity contribution in [1.82, 2.24) is 0 Å². The molecule has 0 fully saturated rings. The van der Waals surface area contributed by atoms with Gasteiger partial charge in [0.2, 0.25) is 0 Å². The summed E-state index contributed by atoms with van der Waals surface area (Å²) in [6.45, 7) is 8.95. The Morgan fingerprint density at radius 1 is 0.955 bits per heavy atom. The van der Waals surface area contributed by atoms with Crippen molar-refractivity contribution in [2.24, 2.45) is 0 Å². The largest absolute Gasteiger partial charge is 0.144 e. The first-order valence-corrected chi connectivity index (χ1v) is 8.69. The van der Waals surface area contributed by atoms with E-state index >= 15 is 0 Å². The van der Waals surface area contributed by atoms with Crippen LogP contribution in [0.3, 0.4) is 0 Å². The third kappa shape index (κ3) is 2.86. The van der Waals surface area contributed by atoms with Crippen LogP contribution in [0.5, 0.6) is 0 Å². The van der Waals surface area contributed by atoms with Crippen LogP contribution in [-0.2, 0) is 0 Å². The van der Waals surface area contributed by atoms with Crippen molar-refractivity contribution in [3.05, 3.63) is 68.9 Å². The van der Waals surface area contributed by atoms with Crippen molar-refractivity contribution in [3.63, 3.8) is 0 Å². The number of fused-ring (bicyclic) bond motifs is 1. The van der Waals surface area contributed by atoms with Crippen molar-refractivity contribution >= 4 is 23.5 Å². The normalized spacial score (nSPS) is 11.9. The molecule has 1 heteroatoms. The summed E-state index contributed by atoms with van der Waals surface area (Å²) in [6.07, 6.45) is 4.47. The van der Waals surface area contributed by atoms with Gasteiger partial charge in [-0.05, 0) is 70.7 Å². The molecule has 2 aliphatic rings. The van der Waals surface area contributed by atoms with Gasteiger partial charge in [0.05, 0.1) is 0 Å². The molecule has 1 heterocycles. The smallest absolute Gasteiger partial charge is 0.0270 e. The van der Waals surface area contributed by atoms with Crippen LogP contribution in [-0.4, -0.2) is 0 Å². The second-order valence-electron chi connectivity index (χ2n) is 6.24. The summed E-state index contributed by atoms with van der Waals surface area (Å²) in [5.41, 5.74) is 8.21. The molecule has 0 bridgehead atoms. The second-order valence-corrected chi connectivity index (χ2v) is 7.21. The van der Waals surface area contributed by atoms with Gasteiger partial charge in [-0.15, -0.1) is 11.3 Å². The zero-order chi connectivity index (χ0) is 15.7. The SMILES string of the molecule is Cc1cc(/C=C/c2cccs2)c2c(C)ccc(C(C)C)cc1-2. The molecule has 0 aromatic carbocycles. The lowest BCUT2D eigenvalue weighted by Crippen LogP contribution is -1.84. The fraction of sp³-hybridized carbons (Fsp3) is 0.238. The number of hydrogen-bond donors (Lipinski definition) is 0. The Balaban J connectivity index is 2.12. The number of rotatable bonds is 3. The summed E-state index contributed by atoms with van der Waals surface area (Å²) in [5.74, 6) is 0.550. The van der Waals surface area contributed by atoms with Gasteiger partial charge >= 0.3 is 0 Å². The summed E-state index contributed by atoms with van der Waals surface area (Å²) in [6, 6.07) is 13.5. The van der Waals surface area contributed by atoms with Crippen LogP contribution < -0.4 is 0 Å². The van der Waals surface area contributed by atoms with Gasteiger partial charge in [0.25, 0.3) is 0 Å². The highest BCUT2D eigenvalue weighted by Crippen LogP contribution is 2.37. The van der Waals surface area contributed by atoms with Gasteiger partial charge in [-0.3, -0.25) is 0 Å². The molecule has 0 saturated carbocycles. The fourth-order valence-corrected chi connectivity index (χ4v) is 3.55. The minimum Gasteiger partial charge on any atom is -0.144 e. The monoisotopic (exact) mass is 306 g/mol. The molecule has 0 spiro atoms. The Morgan fingerprint density at radius 3 is 2.45 bits per heavy atom. The van der Waals surface area contributed by atoms with Gasteiger partial charge in [0.15, 0.2) is 0 Å². The van der Waals surface area contributed by atoms with Gasteiger partial charge in [-0.25, -0.2) is 0 Å². The fourth-order valence-electron chi connectivity index (χ4n) is 2.93. The van der Waals surface area contributed by atoms with Gasteiger partial charge < -0.3 is 0 Å². The number of thiophene rings is 1. The lowest BCUT2D eigenvalue weighted by Gasteiger charge is -2.04. The van der Waals surface area contributed by atoms with Crippen molar-refractivity contribution in [3.8, 4) is 11.1 Å². The molecule has 0 aliphatic heterocycles. The lowest BCUT2D eigenvalue weighted by molar-refractivity contribution is 0.868. The first-order valence-electron chi connectivity index (χ1n) is 7.81. The van der Waals surface area contributed by atoms with E-state index in [0.717, 1.165) is 0 Å². The lowest BCUT2D eigenvalue weighted by atomic mass is 10.0. The van der Waals surface area contributed by atoms with E-state index in [1.54, 1.807) is 11.3 Å². The maximum absolute atomic E-state index is 2.37. The topological polar surface area (TPSA) is 0 Å². The van der Waals surface area contributed by atoms with Gasteiger partial charge in [0.1, 0.15) is 0 Å². The molecule has 0 radical (unpaired) electrons. The van der Waals surface area contributed by atoms with Gasteiger partial charge in [-0.1, -0.05) is 50.3 Å². The van der Waals surface area contributed by atoms with E-state index in [9.17, 15) is 0 Å². The maximum Gasteiger partial charge on any atom is 0.0270 e. The summed E-state index contributed by atoms with van der Waals surface area (Å²) in [5, 5.41) is 2.12. The molecule has 0 nitrogen and oxygen atoms in total. The van der Waals surface area contributed by atoms with E-state index in [-0.39, 0.29) is 0 Å². The summed E-state index contributed by atoms with van der Waals surface area (Å²) in [7, 11) is 0. The van der Waals surface area contributed by atoms with Crippen LogP contribution in [0.4, 0.5) is 0 Å². The Hall–Kier alpha value is -1.86. The molecule has 3 rings (SSSR count). The van der Waals surface area contributed by atoms with Gasteiger partial charge in [-0.2, -0.15) is 0 Å². The molecule has 2 aliphatic carbocycles. The second kappa shape index (κ2) is 6.10. The third-order valence-corrected chi connectivity index (χ3v) is 5.06. The summed E-state index contributed by atoms with van der Waals surface area (Å²) in [4.78, 5) is 1.30. The summed E-state index contributed by atoms with van der Waals surface area (Å²) >= 11 is 1.78. The molecule has 0 N–H and O–H groups in total. The maximum atomic E-state index is 2.37. The first-order chi connectivity index (χ1) is 10.6. The van der Waals surface area contributed by atoms with E-state index in [1.165, 1.54) is 38.3 Å². The third-order valence-electron chi connectivity index (χ3n) is 4.22. The molecule has 0 amide bonds. The average molecular weight is 306 g/mol. The van der Waals surface area contributed by atoms with E-state index in [2.05, 4.69) is 81.6 Å². The van der Waals surface area contributed by atoms with E-state index < -0.39 is 0 Å². The van der Waals surface area contributed by atoms with Crippen LogP contribution in [0.25, 0.3) is 23.3 Å². The van der Waals surface area contributed by atoms with Crippen molar-refractivity contribution in [2.75, 3.05) is 0 Å². The highest BCUT2D eigenvalue weighted by atomic mass is 32.1. The molecular weight excluding hydrogens is 284 g/mol. The molecule has 112 valence electrons. The predicted octanol–water partition coefficient (Wildman–Crippen LogP) is 6.76. The Labute approximate surface area is 137 Å². The Morgan fingerprint density at radius 2 is 1.77 bits per heavy atom. The molecule has 0 saturated heterocycles. The zero-order valence-electron chi connectivity index (χ0n) is 13.7. The molecule has 1 aromatic heterocycles. The van der Waals surface area contributed by atoms with Gasteiger partial charge in [0, 0.05) is 4.88 Å². The van der Waals surface area contributed by atoms with E-state index in [0.29, 0.717) is 5.92 Å². The first kappa shape index (κ1) is 15.1. The highest BCUT2D eigenvalue weighted by Gasteiger charge is 2.14. The van der Waals surface area contributed by atoms with Crippen LogP contribution in [0.1, 0.15) is 46.9 Å². The van der Waals surface area contributed by atoms with Crippen molar-refractivity contribution in [2.45, 2.75) is 33.6 Å². The molecule has 22 heavy (non-hydrogen) atoms. The zero-order valence-corrected chi connectivity index (χ0v) is 14.5. The average Bonchev–Trinajstić information content (AvgIpc) is 3.04. The van der Waals surface area contributed by atoms with Crippen LogP contribution in [0.2, 0.25) is 0 Å². The van der Waals surface area contributed by atoms with Crippen molar-refractivity contribution in [1.29, 1.82) is 0 Å². The minimum absolute atomic E-state index is 0.550. The summed E-state index contributed by atoms with van der Waals surface area (Å²) < 4.78 is 0. The molecule has 1 aromatic rings. The molecule has 0 atom stereocenters. The number of aryl methyl sites for hydroxylation is 2. The standard InChI is InChI=1S/C21H22S/c1-14(2)17-8-7-15(3)21-18(12-16(4)20(21)13-17)9-10-19-6-5-11-22-19/h5-14H,1-4H3/b10-9+. The highest BCUT2D eigenvalue weighted by molar-refractivity contribution is 7.10. The number of hydrogen-bond acceptors (Lipinski definition) is 1. The van der Waals surface area contributed by atoms with Crippen LogP contribution in [0, 0.1) is 13.8 Å². The van der Waals surface area contributed by atoms with Crippen molar-refractivity contribution < 1.29 is 0 Å². The molecule has 0 unspecified atom stereocenters. The molecular formula is C21H22S. The predicted molar refractivity (Wildman–Crippen MR) is 99.9 cm³/mol. The quantitative estimate of drug-likeness (QED) is 0.501. The van der Waals surface area contributed by atoms with E-state index in [4.69, 9.17) is 0 Å². The Bertz CT molecular complexity index is 776.